The van der Waals surface area contributed by atoms with Gasteiger partial charge in [-0.15, -0.1) is 0 Å². The quantitative estimate of drug-likeness (QED) is 0.888. The number of hydrogen-bond donors (Lipinski definition) is 2. The normalized spacial score (nSPS) is 22.5. The minimum atomic E-state index is -0.183. The molecule has 2 N–H and O–H groups in total. The van der Waals surface area contributed by atoms with Crippen LogP contribution in [0.5, 0.6) is 0 Å². The second-order valence-corrected chi connectivity index (χ2v) is 5.32. The van der Waals surface area contributed by atoms with E-state index in [4.69, 9.17) is 11.6 Å². The van der Waals surface area contributed by atoms with E-state index in [-0.39, 0.29) is 18.0 Å². The Morgan fingerprint density at radius 2 is 2.16 bits per heavy atom. The van der Waals surface area contributed by atoms with E-state index in [2.05, 4.69) is 17.8 Å². The van der Waals surface area contributed by atoms with Crippen LogP contribution in [0.15, 0.2) is 24.3 Å². The fraction of sp³-hybridized carbons (Fsp3) is 0.500. The van der Waals surface area contributed by atoms with Crippen LogP contribution in [0, 0.1) is 0 Å². The number of rotatable bonds is 4. The van der Waals surface area contributed by atoms with Gasteiger partial charge in [-0.25, -0.2) is 10.9 Å². The van der Waals surface area contributed by atoms with Gasteiger partial charge in [0.2, 0.25) is 5.91 Å². The molecule has 1 aliphatic heterocycles. The lowest BCUT2D eigenvalue weighted by Gasteiger charge is -2.19. The van der Waals surface area contributed by atoms with Crippen molar-refractivity contribution in [1.29, 1.82) is 0 Å². The Bertz CT molecular complexity index is 452. The third-order valence-electron chi connectivity index (χ3n) is 3.42. The van der Waals surface area contributed by atoms with Gasteiger partial charge >= 0.3 is 0 Å². The number of halogens is 1. The van der Waals surface area contributed by atoms with Gasteiger partial charge in [-0.1, -0.05) is 36.7 Å². The smallest absolute Gasteiger partial charge is 0.240 e. The summed E-state index contributed by atoms with van der Waals surface area (Å²) in [5.74, 6) is 0.129. The van der Waals surface area contributed by atoms with Gasteiger partial charge < -0.3 is 4.90 Å². The Hall–Kier alpha value is -1.10. The SMILES string of the molecule is CCCN(C)C(=O)C1CC(c2ccccc2Cl)NN1. The second-order valence-electron chi connectivity index (χ2n) is 4.91. The average Bonchev–Trinajstić information content (AvgIpc) is 2.88. The molecule has 104 valence electrons. The molecule has 0 radical (unpaired) electrons. The zero-order chi connectivity index (χ0) is 13.8. The first kappa shape index (κ1) is 14.3. The largest absolute Gasteiger partial charge is 0.344 e. The van der Waals surface area contributed by atoms with Crippen LogP contribution >= 0.6 is 11.6 Å². The number of carbonyl (C=O) groups excluding carboxylic acids is 1. The molecule has 0 aliphatic carbocycles. The van der Waals surface area contributed by atoms with Crippen molar-refractivity contribution in [3.63, 3.8) is 0 Å². The van der Waals surface area contributed by atoms with Crippen molar-refractivity contribution in [3.05, 3.63) is 34.9 Å². The van der Waals surface area contributed by atoms with E-state index in [0.29, 0.717) is 0 Å². The number of likely N-dealkylation sites (N-methyl/N-ethyl adjacent to an activating group) is 1. The summed E-state index contributed by atoms with van der Waals surface area (Å²) in [6.07, 6.45) is 1.69. The van der Waals surface area contributed by atoms with Crippen molar-refractivity contribution in [3.8, 4) is 0 Å². The maximum absolute atomic E-state index is 12.2. The molecule has 0 spiro atoms. The fourth-order valence-corrected chi connectivity index (χ4v) is 2.66. The van der Waals surface area contributed by atoms with E-state index >= 15 is 0 Å². The highest BCUT2D eigenvalue weighted by Gasteiger charge is 2.32. The van der Waals surface area contributed by atoms with Gasteiger partial charge in [-0.2, -0.15) is 0 Å². The number of benzene rings is 1. The molecule has 1 saturated heterocycles. The van der Waals surface area contributed by atoms with Crippen LogP contribution in [0.4, 0.5) is 0 Å². The molecule has 1 aromatic rings. The first-order valence-corrected chi connectivity index (χ1v) is 7.01. The molecule has 4 nitrogen and oxygen atoms in total. The summed E-state index contributed by atoms with van der Waals surface area (Å²) in [6, 6.07) is 7.63. The van der Waals surface area contributed by atoms with Crippen LogP contribution in [-0.4, -0.2) is 30.4 Å². The first-order valence-electron chi connectivity index (χ1n) is 6.64. The maximum atomic E-state index is 12.2. The standard InChI is InChI=1S/C14H20ClN3O/c1-3-8-18(2)14(19)13-9-12(16-17-13)10-6-4-5-7-11(10)15/h4-7,12-13,16-17H,3,8-9H2,1-2H3. The molecular formula is C14H20ClN3O. The minimum Gasteiger partial charge on any atom is -0.344 e. The van der Waals surface area contributed by atoms with Crippen LogP contribution in [-0.2, 0) is 4.79 Å². The number of hydrazine groups is 1. The highest BCUT2D eigenvalue weighted by Crippen LogP contribution is 2.28. The van der Waals surface area contributed by atoms with Crippen LogP contribution in [0.3, 0.4) is 0 Å². The number of nitrogens with one attached hydrogen (secondary N) is 2. The van der Waals surface area contributed by atoms with E-state index in [9.17, 15) is 4.79 Å². The van der Waals surface area contributed by atoms with Crippen LogP contribution in [0.2, 0.25) is 5.02 Å². The number of nitrogens with zero attached hydrogens (tertiary/aromatic N) is 1. The average molecular weight is 282 g/mol. The fourth-order valence-electron chi connectivity index (χ4n) is 2.39. The summed E-state index contributed by atoms with van der Waals surface area (Å²) in [7, 11) is 1.84. The Morgan fingerprint density at radius 3 is 2.84 bits per heavy atom. The molecule has 2 atom stereocenters. The van der Waals surface area contributed by atoms with Crippen molar-refractivity contribution in [1.82, 2.24) is 15.8 Å². The summed E-state index contributed by atoms with van der Waals surface area (Å²) in [5.41, 5.74) is 7.26. The lowest BCUT2D eigenvalue weighted by molar-refractivity contribution is -0.131. The van der Waals surface area contributed by atoms with Gasteiger partial charge in [0.15, 0.2) is 0 Å². The van der Waals surface area contributed by atoms with Crippen molar-refractivity contribution in [2.45, 2.75) is 31.8 Å². The Balaban J connectivity index is 2.00. The molecule has 19 heavy (non-hydrogen) atoms. The predicted octanol–water partition coefficient (Wildman–Crippen LogP) is 2.12. The molecule has 0 saturated carbocycles. The van der Waals surface area contributed by atoms with Gasteiger partial charge in [0, 0.05) is 24.7 Å². The van der Waals surface area contributed by atoms with Gasteiger partial charge in [0.1, 0.15) is 6.04 Å². The summed E-state index contributed by atoms with van der Waals surface area (Å²) in [6.45, 7) is 2.85. The summed E-state index contributed by atoms with van der Waals surface area (Å²) >= 11 is 6.18. The molecule has 2 rings (SSSR count). The molecule has 0 aromatic heterocycles. The molecule has 1 heterocycles. The third kappa shape index (κ3) is 3.26. The monoisotopic (exact) mass is 281 g/mol. The van der Waals surface area contributed by atoms with E-state index < -0.39 is 0 Å². The zero-order valence-corrected chi connectivity index (χ0v) is 12.1. The lowest BCUT2D eigenvalue weighted by atomic mass is 10.0. The van der Waals surface area contributed by atoms with Crippen LogP contribution in [0.25, 0.3) is 0 Å². The second kappa shape index (κ2) is 6.37. The molecule has 1 aromatic carbocycles. The molecule has 0 bridgehead atoms. The molecule has 5 heteroatoms. The van der Waals surface area contributed by atoms with Crippen molar-refractivity contribution >= 4 is 17.5 Å². The van der Waals surface area contributed by atoms with E-state index in [1.54, 1.807) is 4.90 Å². The molecule has 1 fully saturated rings. The van der Waals surface area contributed by atoms with E-state index in [0.717, 1.165) is 30.0 Å². The van der Waals surface area contributed by atoms with Gasteiger partial charge in [-0.05, 0) is 24.5 Å². The molecule has 1 amide bonds. The highest BCUT2D eigenvalue weighted by molar-refractivity contribution is 6.31. The predicted molar refractivity (Wildman–Crippen MR) is 76.8 cm³/mol. The van der Waals surface area contributed by atoms with Crippen molar-refractivity contribution in [2.75, 3.05) is 13.6 Å². The summed E-state index contributed by atoms with van der Waals surface area (Å²) < 4.78 is 0. The van der Waals surface area contributed by atoms with Gasteiger partial charge in [-0.3, -0.25) is 4.79 Å². The Kier molecular flexibility index (Phi) is 4.80. The third-order valence-corrected chi connectivity index (χ3v) is 3.76. The number of hydrogen-bond acceptors (Lipinski definition) is 3. The van der Waals surface area contributed by atoms with Crippen molar-refractivity contribution in [2.24, 2.45) is 0 Å². The molecule has 2 unspecified atom stereocenters. The van der Waals surface area contributed by atoms with Crippen LogP contribution in [0.1, 0.15) is 31.4 Å². The van der Waals surface area contributed by atoms with Gasteiger partial charge in [0.25, 0.3) is 0 Å². The summed E-state index contributed by atoms with van der Waals surface area (Å²) in [5, 5.41) is 0.733. The van der Waals surface area contributed by atoms with E-state index in [1.165, 1.54) is 0 Å². The van der Waals surface area contributed by atoms with Gasteiger partial charge in [0.05, 0.1) is 0 Å². The first-order chi connectivity index (χ1) is 9.13. The maximum Gasteiger partial charge on any atom is 0.240 e. The van der Waals surface area contributed by atoms with Crippen LogP contribution < -0.4 is 10.9 Å². The zero-order valence-electron chi connectivity index (χ0n) is 11.3. The number of carbonyl (C=O) groups is 1. The minimum absolute atomic E-state index is 0.0812. The van der Waals surface area contributed by atoms with E-state index in [1.807, 2.05) is 31.3 Å². The topological polar surface area (TPSA) is 44.4 Å². The Labute approximate surface area is 119 Å². The Morgan fingerprint density at radius 1 is 1.42 bits per heavy atom. The lowest BCUT2D eigenvalue weighted by Crippen LogP contribution is -2.44. The van der Waals surface area contributed by atoms with Crippen molar-refractivity contribution < 1.29 is 4.79 Å². The summed E-state index contributed by atoms with van der Waals surface area (Å²) in [4.78, 5) is 14.0. The number of amides is 1. The molecule has 1 aliphatic rings. The highest BCUT2D eigenvalue weighted by atomic mass is 35.5. The molecular weight excluding hydrogens is 262 g/mol.